The van der Waals surface area contributed by atoms with Gasteiger partial charge in [0.1, 0.15) is 5.82 Å². The van der Waals surface area contributed by atoms with Crippen LogP contribution in [0.3, 0.4) is 0 Å². The van der Waals surface area contributed by atoms with Crippen LogP contribution in [0.25, 0.3) is 0 Å². The van der Waals surface area contributed by atoms with Crippen LogP contribution in [0.5, 0.6) is 0 Å². The van der Waals surface area contributed by atoms with Crippen LogP contribution in [-0.2, 0) is 0 Å². The third-order valence-electron chi connectivity index (χ3n) is 6.19. The Morgan fingerprint density at radius 1 is 1.13 bits per heavy atom. The summed E-state index contributed by atoms with van der Waals surface area (Å²) < 4.78 is 13.2. The number of hydrogen-bond donors (Lipinski definition) is 2. The van der Waals surface area contributed by atoms with Crippen LogP contribution in [0.4, 0.5) is 10.1 Å². The van der Waals surface area contributed by atoms with E-state index in [-0.39, 0.29) is 5.82 Å². The van der Waals surface area contributed by atoms with E-state index in [1.165, 1.54) is 57.1 Å². The van der Waals surface area contributed by atoms with E-state index in [2.05, 4.69) is 10.6 Å². The minimum atomic E-state index is -0.244. The van der Waals surface area contributed by atoms with Gasteiger partial charge >= 0.3 is 0 Å². The summed E-state index contributed by atoms with van der Waals surface area (Å²) in [4.78, 5) is 0. The van der Waals surface area contributed by atoms with E-state index < -0.39 is 0 Å². The van der Waals surface area contributed by atoms with Crippen molar-refractivity contribution in [3.05, 3.63) is 30.1 Å². The molecule has 4 bridgehead atoms. The molecule has 4 aliphatic rings. The fourth-order valence-corrected chi connectivity index (χ4v) is 6.00. The van der Waals surface area contributed by atoms with Crippen molar-refractivity contribution in [3.63, 3.8) is 0 Å². The SMILES string of the molecule is Fc1cccc(NC(=S)NCCC23CC4CC(CC(C4)C2)C3)c1. The van der Waals surface area contributed by atoms with E-state index in [9.17, 15) is 4.39 Å². The van der Waals surface area contributed by atoms with Gasteiger partial charge in [-0.2, -0.15) is 0 Å². The Morgan fingerprint density at radius 2 is 1.78 bits per heavy atom. The summed E-state index contributed by atoms with van der Waals surface area (Å²) in [7, 11) is 0. The molecule has 0 saturated heterocycles. The molecule has 4 aliphatic carbocycles. The highest BCUT2D eigenvalue weighted by Gasteiger charge is 2.50. The lowest BCUT2D eigenvalue weighted by Gasteiger charge is -2.57. The maximum absolute atomic E-state index is 13.2. The van der Waals surface area contributed by atoms with Gasteiger partial charge in [0.05, 0.1) is 0 Å². The molecule has 0 atom stereocenters. The van der Waals surface area contributed by atoms with Gasteiger partial charge in [0.15, 0.2) is 5.11 Å². The fourth-order valence-electron chi connectivity index (χ4n) is 5.78. The van der Waals surface area contributed by atoms with Gasteiger partial charge in [-0.25, -0.2) is 4.39 Å². The lowest BCUT2D eigenvalue weighted by atomic mass is 9.49. The van der Waals surface area contributed by atoms with Crippen LogP contribution in [0, 0.1) is 29.0 Å². The summed E-state index contributed by atoms with van der Waals surface area (Å²) in [5.41, 5.74) is 1.29. The molecule has 0 spiro atoms. The number of anilines is 1. The van der Waals surface area contributed by atoms with Crippen molar-refractivity contribution in [3.8, 4) is 0 Å². The van der Waals surface area contributed by atoms with Crippen LogP contribution in [0.15, 0.2) is 24.3 Å². The normalized spacial score (nSPS) is 34.4. The molecule has 1 aromatic carbocycles. The van der Waals surface area contributed by atoms with Crippen molar-refractivity contribution in [2.45, 2.75) is 44.9 Å². The molecule has 0 aromatic heterocycles. The Morgan fingerprint density at radius 3 is 2.39 bits per heavy atom. The third kappa shape index (κ3) is 3.37. The molecule has 124 valence electrons. The highest BCUT2D eigenvalue weighted by atomic mass is 32.1. The predicted molar refractivity (Wildman–Crippen MR) is 95.8 cm³/mol. The molecular weight excluding hydrogens is 307 g/mol. The molecule has 5 rings (SSSR count). The highest BCUT2D eigenvalue weighted by molar-refractivity contribution is 7.80. The Hall–Kier alpha value is -1.16. The van der Waals surface area contributed by atoms with Crippen molar-refractivity contribution >= 4 is 23.0 Å². The van der Waals surface area contributed by atoms with E-state index in [1.54, 1.807) is 6.07 Å². The van der Waals surface area contributed by atoms with Crippen LogP contribution >= 0.6 is 12.2 Å². The molecular formula is C19H25FN2S. The standard InChI is InChI=1S/C19H25FN2S/c20-16-2-1-3-17(9-16)22-18(23)21-5-4-19-10-13-6-14(11-19)8-15(7-13)12-19/h1-3,9,13-15H,4-8,10-12H2,(H2,21,22,23). The Balaban J connectivity index is 1.28. The largest absolute Gasteiger partial charge is 0.362 e. The van der Waals surface area contributed by atoms with E-state index in [4.69, 9.17) is 12.2 Å². The molecule has 23 heavy (non-hydrogen) atoms. The summed E-state index contributed by atoms with van der Waals surface area (Å²) in [6.45, 7) is 0.924. The van der Waals surface area contributed by atoms with Crippen LogP contribution in [0.2, 0.25) is 0 Å². The van der Waals surface area contributed by atoms with Crippen LogP contribution < -0.4 is 10.6 Å². The third-order valence-corrected chi connectivity index (χ3v) is 6.43. The van der Waals surface area contributed by atoms with Gasteiger partial charge in [-0.05, 0) is 98.5 Å². The molecule has 4 fully saturated rings. The smallest absolute Gasteiger partial charge is 0.170 e. The van der Waals surface area contributed by atoms with E-state index >= 15 is 0 Å². The summed E-state index contributed by atoms with van der Waals surface area (Å²) in [5.74, 6) is 2.75. The number of hydrogen-bond acceptors (Lipinski definition) is 1. The molecule has 4 heteroatoms. The second-order valence-corrected chi connectivity index (χ2v) is 8.47. The average Bonchev–Trinajstić information content (AvgIpc) is 2.45. The Bertz CT molecular complexity index is 566. The molecule has 0 heterocycles. The molecule has 2 nitrogen and oxygen atoms in total. The molecule has 0 radical (unpaired) electrons. The monoisotopic (exact) mass is 332 g/mol. The lowest BCUT2D eigenvalue weighted by molar-refractivity contribution is -0.0562. The summed E-state index contributed by atoms with van der Waals surface area (Å²) in [5, 5.41) is 6.99. The second kappa shape index (κ2) is 6.04. The first kappa shape index (κ1) is 15.4. The Kier molecular flexibility index (Phi) is 4.04. The topological polar surface area (TPSA) is 24.1 Å². The zero-order valence-corrected chi connectivity index (χ0v) is 14.3. The summed E-state index contributed by atoms with van der Waals surface area (Å²) in [6, 6.07) is 6.42. The molecule has 0 unspecified atom stereocenters. The fraction of sp³-hybridized carbons (Fsp3) is 0.632. The Labute approximate surface area is 143 Å². The first-order chi connectivity index (χ1) is 11.1. The lowest BCUT2D eigenvalue weighted by Crippen LogP contribution is -2.47. The van der Waals surface area contributed by atoms with Gasteiger partial charge in [0.2, 0.25) is 0 Å². The van der Waals surface area contributed by atoms with Gasteiger partial charge in [-0.15, -0.1) is 0 Å². The van der Waals surface area contributed by atoms with Gasteiger partial charge in [-0.1, -0.05) is 6.07 Å². The summed E-state index contributed by atoms with van der Waals surface area (Å²) in [6.07, 6.45) is 10.0. The summed E-state index contributed by atoms with van der Waals surface area (Å²) >= 11 is 5.34. The zero-order valence-electron chi connectivity index (χ0n) is 13.5. The zero-order chi connectivity index (χ0) is 15.9. The minimum absolute atomic E-state index is 0.244. The second-order valence-electron chi connectivity index (χ2n) is 8.06. The molecule has 2 N–H and O–H groups in total. The molecule has 0 aliphatic heterocycles. The predicted octanol–water partition coefficient (Wildman–Crippen LogP) is 4.72. The van der Waals surface area contributed by atoms with E-state index in [1.807, 2.05) is 6.07 Å². The van der Waals surface area contributed by atoms with Crippen molar-refractivity contribution < 1.29 is 4.39 Å². The van der Waals surface area contributed by atoms with Gasteiger partial charge in [0, 0.05) is 12.2 Å². The maximum Gasteiger partial charge on any atom is 0.170 e. The van der Waals surface area contributed by atoms with Crippen molar-refractivity contribution in [1.82, 2.24) is 5.32 Å². The number of nitrogens with one attached hydrogen (secondary N) is 2. The first-order valence-electron chi connectivity index (χ1n) is 8.91. The molecule has 4 saturated carbocycles. The number of thiocarbonyl (C=S) groups is 1. The number of benzene rings is 1. The molecule has 1 aromatic rings. The maximum atomic E-state index is 13.2. The molecule has 0 amide bonds. The van der Waals surface area contributed by atoms with Gasteiger partial charge in [0.25, 0.3) is 0 Å². The number of halogens is 1. The van der Waals surface area contributed by atoms with E-state index in [0.29, 0.717) is 16.2 Å². The van der Waals surface area contributed by atoms with Gasteiger partial charge in [-0.3, -0.25) is 0 Å². The average molecular weight is 332 g/mol. The van der Waals surface area contributed by atoms with Crippen molar-refractivity contribution in [2.75, 3.05) is 11.9 Å². The minimum Gasteiger partial charge on any atom is -0.362 e. The first-order valence-corrected chi connectivity index (χ1v) is 9.31. The number of rotatable bonds is 4. The van der Waals surface area contributed by atoms with Crippen LogP contribution in [-0.4, -0.2) is 11.7 Å². The highest BCUT2D eigenvalue weighted by Crippen LogP contribution is 2.61. The quantitative estimate of drug-likeness (QED) is 0.780. The van der Waals surface area contributed by atoms with Gasteiger partial charge < -0.3 is 10.6 Å². The van der Waals surface area contributed by atoms with Crippen LogP contribution in [0.1, 0.15) is 44.9 Å². The van der Waals surface area contributed by atoms with Crippen molar-refractivity contribution in [1.29, 1.82) is 0 Å². The van der Waals surface area contributed by atoms with Crippen molar-refractivity contribution in [2.24, 2.45) is 23.2 Å². The van der Waals surface area contributed by atoms with E-state index in [0.717, 1.165) is 24.3 Å².